The summed E-state index contributed by atoms with van der Waals surface area (Å²) in [6, 6.07) is 1.72. The van der Waals surface area contributed by atoms with Crippen molar-refractivity contribution in [2.24, 2.45) is 0 Å². The van der Waals surface area contributed by atoms with Crippen LogP contribution in [-0.4, -0.2) is 29.5 Å². The SMILES string of the molecule is COC(C)(C)CNc1cnnc(Cl)c1. The van der Waals surface area contributed by atoms with E-state index in [2.05, 4.69) is 15.5 Å². The molecule has 0 fully saturated rings. The van der Waals surface area contributed by atoms with Crippen LogP contribution in [0.2, 0.25) is 5.15 Å². The Kier molecular flexibility index (Phi) is 3.66. The number of halogens is 1. The van der Waals surface area contributed by atoms with E-state index >= 15 is 0 Å². The smallest absolute Gasteiger partial charge is 0.153 e. The second kappa shape index (κ2) is 4.57. The minimum atomic E-state index is -0.213. The molecule has 0 amide bonds. The van der Waals surface area contributed by atoms with Crippen LogP contribution in [0.3, 0.4) is 0 Å². The molecule has 0 saturated heterocycles. The van der Waals surface area contributed by atoms with E-state index in [1.807, 2.05) is 13.8 Å². The lowest BCUT2D eigenvalue weighted by Gasteiger charge is -2.23. The third-order valence-corrected chi connectivity index (χ3v) is 2.08. The molecule has 0 saturated carbocycles. The van der Waals surface area contributed by atoms with E-state index in [0.717, 1.165) is 5.69 Å². The number of rotatable bonds is 4. The first kappa shape index (κ1) is 11.2. The van der Waals surface area contributed by atoms with Crippen LogP contribution < -0.4 is 5.32 Å². The maximum absolute atomic E-state index is 5.68. The van der Waals surface area contributed by atoms with Gasteiger partial charge in [0.25, 0.3) is 0 Å². The van der Waals surface area contributed by atoms with Crippen molar-refractivity contribution in [1.29, 1.82) is 0 Å². The largest absolute Gasteiger partial charge is 0.381 e. The van der Waals surface area contributed by atoms with Gasteiger partial charge in [0.1, 0.15) is 0 Å². The van der Waals surface area contributed by atoms with Gasteiger partial charge in [0.2, 0.25) is 0 Å². The zero-order chi connectivity index (χ0) is 10.6. The summed E-state index contributed by atoms with van der Waals surface area (Å²) in [7, 11) is 1.68. The van der Waals surface area contributed by atoms with E-state index in [1.54, 1.807) is 19.4 Å². The average Bonchev–Trinajstić information content (AvgIpc) is 2.15. The molecular formula is C9H14ClN3O. The number of ether oxygens (including phenoxy) is 1. The van der Waals surface area contributed by atoms with Crippen molar-refractivity contribution in [3.05, 3.63) is 17.4 Å². The highest BCUT2D eigenvalue weighted by atomic mass is 35.5. The van der Waals surface area contributed by atoms with Gasteiger partial charge in [0.05, 0.1) is 17.5 Å². The van der Waals surface area contributed by atoms with Crippen LogP contribution in [0.15, 0.2) is 12.3 Å². The molecule has 0 atom stereocenters. The maximum Gasteiger partial charge on any atom is 0.153 e. The fourth-order valence-electron chi connectivity index (χ4n) is 0.824. The first-order chi connectivity index (χ1) is 6.53. The monoisotopic (exact) mass is 215 g/mol. The second-order valence-corrected chi connectivity index (χ2v) is 3.97. The first-order valence-corrected chi connectivity index (χ1v) is 4.68. The van der Waals surface area contributed by atoms with Gasteiger partial charge in [0.15, 0.2) is 5.15 Å². The molecule has 0 unspecified atom stereocenters. The maximum atomic E-state index is 5.68. The topological polar surface area (TPSA) is 47.0 Å². The summed E-state index contributed by atoms with van der Waals surface area (Å²) >= 11 is 5.68. The molecule has 1 heterocycles. The predicted molar refractivity (Wildman–Crippen MR) is 56.6 cm³/mol. The van der Waals surface area contributed by atoms with Gasteiger partial charge in [-0.3, -0.25) is 0 Å². The Bertz CT molecular complexity index is 304. The number of nitrogens with zero attached hydrogens (tertiary/aromatic N) is 2. The molecule has 0 radical (unpaired) electrons. The average molecular weight is 216 g/mol. The summed E-state index contributed by atoms with van der Waals surface area (Å²) in [5, 5.41) is 10.9. The molecule has 4 nitrogen and oxygen atoms in total. The normalized spacial score (nSPS) is 11.4. The van der Waals surface area contributed by atoms with E-state index in [1.165, 1.54) is 0 Å². The number of hydrogen-bond acceptors (Lipinski definition) is 4. The summed E-state index contributed by atoms with van der Waals surface area (Å²) < 4.78 is 5.26. The standard InChI is InChI=1S/C9H14ClN3O/c1-9(2,14-3)6-11-7-4-8(10)13-12-5-7/h4-5H,6H2,1-3H3,(H,11,13). The van der Waals surface area contributed by atoms with Gasteiger partial charge < -0.3 is 10.1 Å². The third kappa shape index (κ3) is 3.47. The summed E-state index contributed by atoms with van der Waals surface area (Å²) in [6.45, 7) is 4.68. The molecule has 1 N–H and O–H groups in total. The summed E-state index contributed by atoms with van der Waals surface area (Å²) in [5.74, 6) is 0. The Morgan fingerprint density at radius 1 is 1.57 bits per heavy atom. The van der Waals surface area contributed by atoms with Gasteiger partial charge >= 0.3 is 0 Å². The lowest BCUT2D eigenvalue weighted by molar-refractivity contribution is 0.0344. The lowest BCUT2D eigenvalue weighted by atomic mass is 10.1. The van der Waals surface area contributed by atoms with Crippen LogP contribution >= 0.6 is 11.6 Å². The van der Waals surface area contributed by atoms with Gasteiger partial charge in [-0.2, -0.15) is 5.10 Å². The van der Waals surface area contributed by atoms with Crippen molar-refractivity contribution in [1.82, 2.24) is 10.2 Å². The van der Waals surface area contributed by atoms with Gasteiger partial charge in [-0.15, -0.1) is 5.10 Å². The lowest BCUT2D eigenvalue weighted by Crippen LogP contribution is -2.32. The molecule has 78 valence electrons. The van der Waals surface area contributed by atoms with E-state index in [-0.39, 0.29) is 5.60 Å². The quantitative estimate of drug-likeness (QED) is 0.834. The number of aromatic nitrogens is 2. The zero-order valence-corrected chi connectivity index (χ0v) is 9.30. The molecule has 1 rings (SSSR count). The number of nitrogens with one attached hydrogen (secondary N) is 1. The fraction of sp³-hybridized carbons (Fsp3) is 0.556. The molecule has 0 aliphatic carbocycles. The van der Waals surface area contributed by atoms with Crippen LogP contribution in [0, 0.1) is 0 Å². The highest BCUT2D eigenvalue weighted by Gasteiger charge is 2.15. The Hall–Kier alpha value is -0.870. The Balaban J connectivity index is 2.54. The van der Waals surface area contributed by atoms with Gasteiger partial charge in [-0.1, -0.05) is 11.6 Å². The highest BCUT2D eigenvalue weighted by molar-refractivity contribution is 6.29. The molecular weight excluding hydrogens is 202 g/mol. The van der Waals surface area contributed by atoms with Crippen molar-refractivity contribution >= 4 is 17.3 Å². The summed E-state index contributed by atoms with van der Waals surface area (Å²) in [5.41, 5.74) is 0.630. The third-order valence-electron chi connectivity index (χ3n) is 1.90. The number of anilines is 1. The molecule has 1 aromatic heterocycles. The van der Waals surface area contributed by atoms with Crippen LogP contribution in [0.25, 0.3) is 0 Å². The van der Waals surface area contributed by atoms with Crippen molar-refractivity contribution in [2.45, 2.75) is 19.4 Å². The molecule has 5 heteroatoms. The number of methoxy groups -OCH3 is 1. The fourth-order valence-corrected chi connectivity index (χ4v) is 0.986. The van der Waals surface area contributed by atoms with Crippen LogP contribution in [-0.2, 0) is 4.74 Å². The minimum absolute atomic E-state index is 0.213. The molecule has 0 bridgehead atoms. The van der Waals surface area contributed by atoms with Crippen LogP contribution in [0.1, 0.15) is 13.8 Å². The van der Waals surface area contributed by atoms with Crippen LogP contribution in [0.4, 0.5) is 5.69 Å². The zero-order valence-electron chi connectivity index (χ0n) is 8.54. The van der Waals surface area contributed by atoms with E-state index in [4.69, 9.17) is 16.3 Å². The summed E-state index contributed by atoms with van der Waals surface area (Å²) in [4.78, 5) is 0. The van der Waals surface area contributed by atoms with Gasteiger partial charge in [-0.25, -0.2) is 0 Å². The molecule has 0 spiro atoms. The van der Waals surface area contributed by atoms with Crippen molar-refractivity contribution in [3.63, 3.8) is 0 Å². The van der Waals surface area contributed by atoms with Crippen molar-refractivity contribution in [3.8, 4) is 0 Å². The first-order valence-electron chi connectivity index (χ1n) is 4.31. The molecule has 0 aliphatic heterocycles. The van der Waals surface area contributed by atoms with Crippen LogP contribution in [0.5, 0.6) is 0 Å². The molecule has 1 aromatic rings. The number of hydrogen-bond donors (Lipinski definition) is 1. The Morgan fingerprint density at radius 2 is 2.29 bits per heavy atom. The molecule has 14 heavy (non-hydrogen) atoms. The Labute approximate surface area is 88.6 Å². The van der Waals surface area contributed by atoms with Gasteiger partial charge in [0, 0.05) is 19.7 Å². The molecule has 0 aliphatic rings. The van der Waals surface area contributed by atoms with E-state index < -0.39 is 0 Å². The highest BCUT2D eigenvalue weighted by Crippen LogP contribution is 2.13. The van der Waals surface area contributed by atoms with Crippen molar-refractivity contribution in [2.75, 3.05) is 19.0 Å². The summed E-state index contributed by atoms with van der Waals surface area (Å²) in [6.07, 6.45) is 1.62. The van der Waals surface area contributed by atoms with E-state index in [0.29, 0.717) is 11.7 Å². The second-order valence-electron chi connectivity index (χ2n) is 3.58. The van der Waals surface area contributed by atoms with Crippen molar-refractivity contribution < 1.29 is 4.74 Å². The Morgan fingerprint density at radius 3 is 2.86 bits per heavy atom. The minimum Gasteiger partial charge on any atom is -0.381 e. The van der Waals surface area contributed by atoms with Gasteiger partial charge in [-0.05, 0) is 13.8 Å². The predicted octanol–water partition coefficient (Wildman–Crippen LogP) is 1.97. The van der Waals surface area contributed by atoms with E-state index in [9.17, 15) is 0 Å². The molecule has 0 aromatic carbocycles.